The smallest absolute Gasteiger partial charge is 0.119 e. The molecule has 0 aliphatic heterocycles. The van der Waals surface area contributed by atoms with E-state index in [1.807, 2.05) is 24.3 Å². The van der Waals surface area contributed by atoms with E-state index in [9.17, 15) is 5.11 Å². The van der Waals surface area contributed by atoms with Gasteiger partial charge in [0.05, 0.1) is 6.04 Å². The minimum absolute atomic E-state index is 0.253. The lowest BCUT2D eigenvalue weighted by molar-refractivity contribution is 0.470. The maximum absolute atomic E-state index is 10.6. The van der Waals surface area contributed by atoms with Crippen molar-refractivity contribution >= 4 is 16.5 Å². The molecule has 4 aromatic rings. The molecule has 4 rings (SSSR count). The molecular formula is C26H25NO. The summed E-state index contributed by atoms with van der Waals surface area (Å²) in [6.45, 7) is 2.22. The van der Waals surface area contributed by atoms with E-state index >= 15 is 0 Å². The van der Waals surface area contributed by atoms with E-state index in [1.165, 1.54) is 16.8 Å². The molecule has 0 fully saturated rings. The van der Waals surface area contributed by atoms with Gasteiger partial charge < -0.3 is 10.0 Å². The van der Waals surface area contributed by atoms with Crippen molar-refractivity contribution in [1.82, 2.24) is 0 Å². The number of fused-ring (bicyclic) bond motifs is 1. The second-order valence-corrected chi connectivity index (χ2v) is 7.29. The van der Waals surface area contributed by atoms with Crippen molar-refractivity contribution in [2.24, 2.45) is 0 Å². The van der Waals surface area contributed by atoms with Crippen LogP contribution in [0.1, 0.15) is 29.7 Å². The first-order valence-corrected chi connectivity index (χ1v) is 9.70. The topological polar surface area (TPSA) is 23.5 Å². The lowest BCUT2D eigenvalue weighted by Gasteiger charge is -2.29. The highest BCUT2D eigenvalue weighted by Gasteiger charge is 2.17. The summed E-state index contributed by atoms with van der Waals surface area (Å²) in [5.74, 6) is 0.354. The molecule has 0 radical (unpaired) electrons. The van der Waals surface area contributed by atoms with Crippen LogP contribution in [-0.4, -0.2) is 12.2 Å². The van der Waals surface area contributed by atoms with Gasteiger partial charge in [0.2, 0.25) is 0 Å². The largest absolute Gasteiger partial charge is 0.508 e. The molecule has 0 aromatic heterocycles. The normalized spacial score (nSPS) is 12.1. The van der Waals surface area contributed by atoms with Crippen molar-refractivity contribution in [3.05, 3.63) is 108 Å². The Kier molecular flexibility index (Phi) is 5.03. The number of anilines is 1. The van der Waals surface area contributed by atoms with Crippen molar-refractivity contribution in [3.63, 3.8) is 0 Å². The second kappa shape index (κ2) is 7.77. The van der Waals surface area contributed by atoms with Crippen LogP contribution >= 0.6 is 0 Å². The van der Waals surface area contributed by atoms with Crippen LogP contribution in [0.3, 0.4) is 0 Å². The molecule has 0 aliphatic rings. The van der Waals surface area contributed by atoms with Crippen molar-refractivity contribution in [2.75, 3.05) is 11.9 Å². The zero-order chi connectivity index (χ0) is 19.5. The summed E-state index contributed by atoms with van der Waals surface area (Å²) in [5, 5.41) is 12.8. The number of hydrogen-bond acceptors (Lipinski definition) is 2. The third kappa shape index (κ3) is 3.46. The molecule has 0 spiro atoms. The van der Waals surface area contributed by atoms with E-state index < -0.39 is 0 Å². The van der Waals surface area contributed by atoms with E-state index in [-0.39, 0.29) is 6.04 Å². The van der Waals surface area contributed by atoms with Gasteiger partial charge in [-0.1, -0.05) is 78.9 Å². The van der Waals surface area contributed by atoms with Gasteiger partial charge in [0, 0.05) is 24.7 Å². The van der Waals surface area contributed by atoms with Crippen LogP contribution in [0.15, 0.2) is 91.0 Å². The molecule has 4 aromatic carbocycles. The van der Waals surface area contributed by atoms with E-state index in [0.29, 0.717) is 12.2 Å². The number of aromatic hydroxyl groups is 1. The summed E-state index contributed by atoms with van der Waals surface area (Å²) >= 11 is 0. The zero-order valence-electron chi connectivity index (χ0n) is 16.3. The first-order chi connectivity index (χ1) is 13.6. The van der Waals surface area contributed by atoms with Crippen molar-refractivity contribution < 1.29 is 5.11 Å². The molecule has 0 unspecified atom stereocenters. The molecule has 0 aliphatic carbocycles. The Morgan fingerprint density at radius 2 is 1.46 bits per heavy atom. The SMILES string of the molecule is C[C@@H](c1ccccc1)N(C)c1ccccc1Cc1c(O)ccc2ccccc12. The number of phenols is 1. The first-order valence-electron chi connectivity index (χ1n) is 9.70. The van der Waals surface area contributed by atoms with Crippen molar-refractivity contribution in [3.8, 4) is 5.75 Å². The van der Waals surface area contributed by atoms with Crippen LogP contribution in [0.25, 0.3) is 10.8 Å². The van der Waals surface area contributed by atoms with E-state index in [4.69, 9.17) is 0 Å². The molecule has 0 heterocycles. The molecule has 0 saturated heterocycles. The number of hydrogen-bond donors (Lipinski definition) is 1. The minimum atomic E-state index is 0.253. The van der Waals surface area contributed by atoms with Gasteiger partial charge in [-0.15, -0.1) is 0 Å². The maximum atomic E-state index is 10.6. The van der Waals surface area contributed by atoms with Gasteiger partial charge in [-0.05, 0) is 41.0 Å². The molecule has 1 atom stereocenters. The molecule has 2 heteroatoms. The Morgan fingerprint density at radius 3 is 2.29 bits per heavy atom. The molecule has 0 bridgehead atoms. The van der Waals surface area contributed by atoms with Crippen LogP contribution in [0.2, 0.25) is 0 Å². The summed E-state index contributed by atoms with van der Waals surface area (Å²) < 4.78 is 0. The number of phenolic OH excluding ortho intramolecular Hbond substituents is 1. The maximum Gasteiger partial charge on any atom is 0.119 e. The highest BCUT2D eigenvalue weighted by atomic mass is 16.3. The fourth-order valence-electron chi connectivity index (χ4n) is 3.87. The predicted molar refractivity (Wildman–Crippen MR) is 118 cm³/mol. The molecule has 2 nitrogen and oxygen atoms in total. The van der Waals surface area contributed by atoms with Crippen LogP contribution in [-0.2, 0) is 6.42 Å². The summed E-state index contributed by atoms with van der Waals surface area (Å²) in [4.78, 5) is 2.31. The molecule has 0 amide bonds. The summed E-state index contributed by atoms with van der Waals surface area (Å²) in [6, 6.07) is 31.3. The number of benzene rings is 4. The average molecular weight is 367 g/mol. The second-order valence-electron chi connectivity index (χ2n) is 7.29. The minimum Gasteiger partial charge on any atom is -0.508 e. The van der Waals surface area contributed by atoms with Crippen molar-refractivity contribution in [1.29, 1.82) is 0 Å². The molecule has 140 valence electrons. The third-order valence-corrected chi connectivity index (χ3v) is 5.62. The van der Waals surface area contributed by atoms with Gasteiger partial charge in [0.1, 0.15) is 5.75 Å². The van der Waals surface area contributed by atoms with Gasteiger partial charge in [-0.25, -0.2) is 0 Å². The highest BCUT2D eigenvalue weighted by molar-refractivity contribution is 5.88. The zero-order valence-corrected chi connectivity index (χ0v) is 16.3. The Morgan fingerprint density at radius 1 is 0.786 bits per heavy atom. The quantitative estimate of drug-likeness (QED) is 0.445. The number of nitrogens with zero attached hydrogens (tertiary/aromatic N) is 1. The average Bonchev–Trinajstić information content (AvgIpc) is 2.75. The fourth-order valence-corrected chi connectivity index (χ4v) is 3.87. The number of rotatable bonds is 5. The van der Waals surface area contributed by atoms with E-state index in [0.717, 1.165) is 16.3 Å². The molecule has 0 saturated carbocycles. The summed E-state index contributed by atoms with van der Waals surface area (Å²) in [7, 11) is 2.14. The summed E-state index contributed by atoms with van der Waals surface area (Å²) in [5.41, 5.74) is 4.66. The predicted octanol–water partition coefficient (Wildman–Crippen LogP) is 6.33. The standard InChI is InChI=1S/C26H25NO/c1-19(20-10-4-3-5-11-20)27(2)25-15-9-7-13-22(25)18-24-23-14-8-6-12-21(23)16-17-26(24)28/h3-17,19,28H,18H2,1-2H3/t19-/m0/s1. The molecule has 1 N–H and O–H groups in total. The van der Waals surface area contributed by atoms with Crippen LogP contribution < -0.4 is 4.90 Å². The highest BCUT2D eigenvalue weighted by Crippen LogP contribution is 2.34. The van der Waals surface area contributed by atoms with Gasteiger partial charge >= 0.3 is 0 Å². The van der Waals surface area contributed by atoms with Gasteiger partial charge in [-0.2, -0.15) is 0 Å². The van der Waals surface area contributed by atoms with Gasteiger partial charge in [-0.3, -0.25) is 0 Å². The summed E-state index contributed by atoms with van der Waals surface area (Å²) in [6.07, 6.45) is 0.690. The Labute approximate surface area is 166 Å². The molecule has 28 heavy (non-hydrogen) atoms. The Hall–Kier alpha value is -3.26. The fraction of sp³-hybridized carbons (Fsp3) is 0.154. The van der Waals surface area contributed by atoms with E-state index in [1.54, 1.807) is 6.07 Å². The Balaban J connectivity index is 1.73. The number of para-hydroxylation sites is 1. The van der Waals surface area contributed by atoms with Crippen LogP contribution in [0, 0.1) is 0 Å². The third-order valence-electron chi connectivity index (χ3n) is 5.62. The van der Waals surface area contributed by atoms with Gasteiger partial charge in [0.25, 0.3) is 0 Å². The first kappa shape index (κ1) is 18.1. The van der Waals surface area contributed by atoms with Crippen molar-refractivity contribution in [2.45, 2.75) is 19.4 Å². The van der Waals surface area contributed by atoms with E-state index in [2.05, 4.69) is 79.5 Å². The van der Waals surface area contributed by atoms with Gasteiger partial charge in [0.15, 0.2) is 0 Å². The lowest BCUT2D eigenvalue weighted by Crippen LogP contribution is -2.22. The lowest BCUT2D eigenvalue weighted by atomic mass is 9.95. The molecular weight excluding hydrogens is 342 g/mol. The Bertz CT molecular complexity index is 1090. The monoisotopic (exact) mass is 367 g/mol. The van der Waals surface area contributed by atoms with Crippen LogP contribution in [0.5, 0.6) is 5.75 Å². The van der Waals surface area contributed by atoms with Crippen LogP contribution in [0.4, 0.5) is 5.69 Å².